The number of halogens is 3. The first-order valence-electron chi connectivity index (χ1n) is 14.3. The van der Waals surface area contributed by atoms with E-state index in [1.807, 2.05) is 70.2 Å². The van der Waals surface area contributed by atoms with Crippen LogP contribution in [-0.2, 0) is 31.0 Å². The van der Waals surface area contributed by atoms with Crippen LogP contribution in [0.2, 0.25) is 0 Å². The van der Waals surface area contributed by atoms with Gasteiger partial charge in [0.1, 0.15) is 17.9 Å². The second-order valence-corrected chi connectivity index (χ2v) is 12.0. The smallest absolute Gasteiger partial charge is 0.475 e. The van der Waals surface area contributed by atoms with Gasteiger partial charge in [0, 0.05) is 12.1 Å². The number of hydrogen-bond donors (Lipinski definition) is 8. The molecular weight excluding hydrogens is 621 g/mol. The van der Waals surface area contributed by atoms with Crippen LogP contribution in [0.4, 0.5) is 13.2 Å². The SMILES string of the molecule is CC(Cc1ccc(C(=N)N)cc1)(C(=O)N[C@H](C(=O)N[C@@H](CCCN=C(N)N)C(N)=O)C(C)(C)C)c1ccccc1.O=C(O)C(F)(F)F. The number of alkyl halides is 3. The van der Waals surface area contributed by atoms with Crippen molar-refractivity contribution in [3.05, 3.63) is 71.3 Å². The summed E-state index contributed by atoms with van der Waals surface area (Å²) in [6.07, 6.45) is -4.10. The number of nitrogens with zero attached hydrogens (tertiary/aromatic N) is 1. The summed E-state index contributed by atoms with van der Waals surface area (Å²) in [7, 11) is 0. The highest BCUT2D eigenvalue weighted by Crippen LogP contribution is 2.30. The van der Waals surface area contributed by atoms with E-state index in [2.05, 4.69) is 15.6 Å². The van der Waals surface area contributed by atoms with Crippen LogP contribution in [0.15, 0.2) is 59.6 Å². The van der Waals surface area contributed by atoms with Gasteiger partial charge < -0.3 is 38.7 Å². The molecule has 0 aliphatic rings. The van der Waals surface area contributed by atoms with E-state index < -0.39 is 46.9 Å². The number of rotatable bonds is 13. The van der Waals surface area contributed by atoms with E-state index >= 15 is 0 Å². The van der Waals surface area contributed by atoms with E-state index in [9.17, 15) is 27.6 Å². The third kappa shape index (κ3) is 13.0. The monoisotopic (exact) mass is 664 g/mol. The molecule has 0 radical (unpaired) electrons. The molecule has 12 N–H and O–H groups in total. The molecule has 2 aromatic rings. The Hall–Kier alpha value is -5.15. The van der Waals surface area contributed by atoms with E-state index in [1.54, 1.807) is 12.1 Å². The van der Waals surface area contributed by atoms with Crippen molar-refractivity contribution < 1.29 is 37.5 Å². The molecule has 13 nitrogen and oxygen atoms in total. The lowest BCUT2D eigenvalue weighted by molar-refractivity contribution is -0.192. The number of aliphatic carboxylic acids is 1. The van der Waals surface area contributed by atoms with Gasteiger partial charge in [0.25, 0.3) is 0 Å². The van der Waals surface area contributed by atoms with E-state index in [-0.39, 0.29) is 30.7 Å². The predicted octanol–water partition coefficient (Wildman–Crippen LogP) is 1.66. The number of hydrogen-bond acceptors (Lipinski definition) is 6. The Labute approximate surface area is 270 Å². The second kappa shape index (κ2) is 17.0. The van der Waals surface area contributed by atoms with Gasteiger partial charge in [-0.2, -0.15) is 13.2 Å². The van der Waals surface area contributed by atoms with Gasteiger partial charge in [-0.1, -0.05) is 75.4 Å². The zero-order valence-corrected chi connectivity index (χ0v) is 26.6. The van der Waals surface area contributed by atoms with Gasteiger partial charge in [-0.25, -0.2) is 4.79 Å². The maximum absolute atomic E-state index is 14.0. The van der Waals surface area contributed by atoms with Crippen LogP contribution < -0.4 is 33.6 Å². The van der Waals surface area contributed by atoms with Crippen LogP contribution in [0, 0.1) is 10.8 Å². The maximum Gasteiger partial charge on any atom is 0.490 e. The molecule has 0 saturated carbocycles. The first kappa shape index (κ1) is 39.9. The fraction of sp³-hybridized carbons (Fsp3) is 0.419. The molecule has 2 rings (SSSR count). The molecule has 0 bridgehead atoms. The third-order valence-corrected chi connectivity index (χ3v) is 6.99. The summed E-state index contributed by atoms with van der Waals surface area (Å²) in [5.74, 6) is -4.43. The number of carboxylic acid groups (broad SMARTS) is 1. The molecule has 16 heteroatoms. The van der Waals surface area contributed by atoms with Crippen molar-refractivity contribution in [2.24, 2.45) is 33.3 Å². The Kier molecular flexibility index (Phi) is 14.4. The van der Waals surface area contributed by atoms with Crippen molar-refractivity contribution in [3.8, 4) is 0 Å². The fourth-order valence-corrected chi connectivity index (χ4v) is 4.34. The first-order chi connectivity index (χ1) is 21.6. The van der Waals surface area contributed by atoms with E-state index in [0.29, 0.717) is 18.4 Å². The van der Waals surface area contributed by atoms with Gasteiger partial charge in [-0.05, 0) is 42.7 Å². The number of carbonyl (C=O) groups excluding carboxylic acids is 3. The molecule has 2 aromatic carbocycles. The zero-order chi connectivity index (χ0) is 36.2. The molecule has 0 aliphatic heterocycles. The summed E-state index contributed by atoms with van der Waals surface area (Å²) in [5, 5.41) is 20.4. The highest BCUT2D eigenvalue weighted by Gasteiger charge is 2.41. The summed E-state index contributed by atoms with van der Waals surface area (Å²) >= 11 is 0. The Morgan fingerprint density at radius 1 is 0.894 bits per heavy atom. The number of primary amides is 1. The van der Waals surface area contributed by atoms with E-state index in [1.165, 1.54) is 0 Å². The minimum absolute atomic E-state index is 0.0420. The predicted molar refractivity (Wildman–Crippen MR) is 171 cm³/mol. The number of amidine groups is 1. The van der Waals surface area contributed by atoms with Crippen molar-refractivity contribution in [2.45, 2.75) is 70.6 Å². The number of nitrogens with two attached hydrogens (primary N) is 4. The topological polar surface area (TPSA) is 253 Å². The molecule has 3 amide bonds. The quantitative estimate of drug-likeness (QED) is 0.0886. The summed E-state index contributed by atoms with van der Waals surface area (Å²) in [4.78, 5) is 52.4. The average Bonchev–Trinajstić information content (AvgIpc) is 2.96. The normalized spacial score (nSPS) is 13.8. The number of nitrogen functional groups attached to an aromatic ring is 1. The number of carbonyl (C=O) groups is 4. The van der Waals surface area contributed by atoms with Gasteiger partial charge in [0.05, 0.1) is 5.41 Å². The Bertz CT molecular complexity index is 1420. The molecule has 0 heterocycles. The van der Waals surface area contributed by atoms with Gasteiger partial charge in [0.15, 0.2) is 5.96 Å². The number of nitrogens with one attached hydrogen (secondary N) is 3. The number of amides is 3. The highest BCUT2D eigenvalue weighted by atomic mass is 19.4. The summed E-state index contributed by atoms with van der Waals surface area (Å²) in [5.41, 5.74) is 22.3. The molecule has 258 valence electrons. The van der Waals surface area contributed by atoms with Crippen LogP contribution in [0.5, 0.6) is 0 Å². The average molecular weight is 665 g/mol. The van der Waals surface area contributed by atoms with Crippen molar-refractivity contribution in [1.82, 2.24) is 10.6 Å². The maximum atomic E-state index is 14.0. The number of carboxylic acids is 1. The molecule has 3 atom stereocenters. The van der Waals surface area contributed by atoms with Gasteiger partial charge in [0.2, 0.25) is 17.7 Å². The van der Waals surface area contributed by atoms with Gasteiger partial charge in [-0.3, -0.25) is 24.8 Å². The molecule has 0 aromatic heterocycles. The van der Waals surface area contributed by atoms with Crippen molar-refractivity contribution in [3.63, 3.8) is 0 Å². The standard InChI is InChI=1S/C29H42N8O3.C2HF3O2/c1-28(2,3)22(25(39)36-21(24(32)38)11-8-16-35-27(33)34)37-26(40)29(4,20-9-6-5-7-10-20)17-18-12-14-19(15-13-18)23(30)31;3-2(4,5)1(6)7/h5-7,9-10,12-15,21-22H,8,11,16-17H2,1-4H3,(H3,30,31)(H2,32,38)(H,36,39)(H,37,40)(H4,33,34,35);(H,6,7)/t21-,22+,29?;/m0./s1. The highest BCUT2D eigenvalue weighted by molar-refractivity contribution is 5.96. The number of aliphatic imine (C=N–C) groups is 1. The van der Waals surface area contributed by atoms with Crippen LogP contribution in [0.3, 0.4) is 0 Å². The van der Waals surface area contributed by atoms with E-state index in [0.717, 1.165) is 11.1 Å². The van der Waals surface area contributed by atoms with Crippen LogP contribution >= 0.6 is 0 Å². The second-order valence-electron chi connectivity index (χ2n) is 12.0. The zero-order valence-electron chi connectivity index (χ0n) is 26.6. The number of guanidine groups is 1. The lowest BCUT2D eigenvalue weighted by atomic mass is 9.75. The summed E-state index contributed by atoms with van der Waals surface area (Å²) in [6, 6.07) is 14.5. The van der Waals surface area contributed by atoms with E-state index in [4.69, 9.17) is 38.2 Å². The molecule has 0 fully saturated rings. The number of benzene rings is 2. The minimum Gasteiger partial charge on any atom is -0.475 e. The third-order valence-electron chi connectivity index (χ3n) is 6.99. The van der Waals surface area contributed by atoms with Crippen LogP contribution in [0.25, 0.3) is 0 Å². The van der Waals surface area contributed by atoms with Crippen molar-refractivity contribution in [1.29, 1.82) is 5.41 Å². The minimum atomic E-state index is -5.08. The van der Waals surface area contributed by atoms with Crippen molar-refractivity contribution in [2.75, 3.05) is 6.54 Å². The largest absolute Gasteiger partial charge is 0.490 e. The Morgan fingerprint density at radius 2 is 1.43 bits per heavy atom. The molecule has 0 aliphatic carbocycles. The van der Waals surface area contributed by atoms with Crippen LogP contribution in [0.1, 0.15) is 57.2 Å². The molecule has 1 unspecified atom stereocenters. The lowest BCUT2D eigenvalue weighted by Crippen LogP contribution is -2.60. The van der Waals surface area contributed by atoms with Crippen LogP contribution in [-0.4, -0.2) is 65.4 Å². The van der Waals surface area contributed by atoms with Gasteiger partial charge in [-0.15, -0.1) is 0 Å². The summed E-state index contributed by atoms with van der Waals surface area (Å²) < 4.78 is 31.7. The van der Waals surface area contributed by atoms with Gasteiger partial charge >= 0.3 is 12.1 Å². The first-order valence-corrected chi connectivity index (χ1v) is 14.3. The Morgan fingerprint density at radius 3 is 1.85 bits per heavy atom. The molecule has 0 spiro atoms. The molecule has 47 heavy (non-hydrogen) atoms. The van der Waals surface area contributed by atoms with Crippen molar-refractivity contribution >= 4 is 35.5 Å². The summed E-state index contributed by atoms with van der Waals surface area (Å²) in [6.45, 7) is 7.59. The lowest BCUT2D eigenvalue weighted by Gasteiger charge is -2.36. The Balaban J connectivity index is 0.00000141. The molecule has 0 saturated heterocycles. The fourth-order valence-electron chi connectivity index (χ4n) is 4.34. The molecular formula is C31H43F3N8O5.